The molecule has 1 saturated heterocycles. The summed E-state index contributed by atoms with van der Waals surface area (Å²) in [6.07, 6.45) is 2.51. The van der Waals surface area contributed by atoms with Crippen molar-refractivity contribution in [3.63, 3.8) is 0 Å². The van der Waals surface area contributed by atoms with Crippen molar-refractivity contribution < 1.29 is 24.1 Å². The molecule has 0 spiro atoms. The third-order valence-electron chi connectivity index (χ3n) is 4.20. The molecule has 1 aliphatic rings. The van der Waals surface area contributed by atoms with Gasteiger partial charge in [0.2, 0.25) is 0 Å². The largest absolute Gasteiger partial charge is 0.444 e. The third-order valence-corrected chi connectivity index (χ3v) is 4.20. The maximum atomic E-state index is 12.8. The molecule has 0 saturated carbocycles. The maximum Gasteiger partial charge on any atom is 0.413 e. The van der Waals surface area contributed by atoms with Gasteiger partial charge in [0.15, 0.2) is 0 Å². The molecule has 0 aliphatic carbocycles. The van der Waals surface area contributed by atoms with E-state index in [2.05, 4.69) is 0 Å². The van der Waals surface area contributed by atoms with Crippen LogP contribution >= 0.6 is 0 Å². The monoisotopic (exact) mass is 377 g/mol. The van der Waals surface area contributed by atoms with Gasteiger partial charge >= 0.3 is 6.09 Å². The summed E-state index contributed by atoms with van der Waals surface area (Å²) >= 11 is 0. The second-order valence-electron chi connectivity index (χ2n) is 8.05. The fourth-order valence-electron chi connectivity index (χ4n) is 3.00. The second-order valence-corrected chi connectivity index (χ2v) is 8.05. The third kappa shape index (κ3) is 6.06. The van der Waals surface area contributed by atoms with E-state index in [1.807, 2.05) is 65.0 Å². The highest BCUT2D eigenvalue weighted by Crippen LogP contribution is 2.32. The normalized spacial score (nSPS) is 20.8. The first kappa shape index (κ1) is 21.4. The average Bonchev–Trinajstić information content (AvgIpc) is 2.89. The van der Waals surface area contributed by atoms with Crippen LogP contribution in [0.25, 0.3) is 0 Å². The Morgan fingerprint density at radius 3 is 2.63 bits per heavy atom. The summed E-state index contributed by atoms with van der Waals surface area (Å²) < 4.78 is 17.5. The second kappa shape index (κ2) is 8.87. The van der Waals surface area contributed by atoms with Gasteiger partial charge in [0.1, 0.15) is 11.3 Å². The van der Waals surface area contributed by atoms with E-state index in [0.717, 1.165) is 5.56 Å². The van der Waals surface area contributed by atoms with Crippen LogP contribution in [0.3, 0.4) is 0 Å². The van der Waals surface area contributed by atoms with Gasteiger partial charge in [0.05, 0.1) is 32.0 Å². The molecule has 0 aromatic heterocycles. The zero-order valence-electron chi connectivity index (χ0n) is 16.8. The first-order chi connectivity index (χ1) is 12.6. The van der Waals surface area contributed by atoms with Crippen LogP contribution in [0.4, 0.5) is 4.79 Å². The fourth-order valence-corrected chi connectivity index (χ4v) is 3.00. The maximum absolute atomic E-state index is 12.8. The predicted molar refractivity (Wildman–Crippen MR) is 103 cm³/mol. The highest BCUT2D eigenvalue weighted by Gasteiger charge is 2.48. The Balaban J connectivity index is 2.20. The minimum Gasteiger partial charge on any atom is -0.444 e. The molecule has 2 rings (SSSR count). The van der Waals surface area contributed by atoms with Crippen LogP contribution in [0.2, 0.25) is 0 Å². The lowest BCUT2D eigenvalue weighted by molar-refractivity contribution is -0.0698. The van der Waals surface area contributed by atoms with E-state index in [1.54, 1.807) is 17.1 Å². The summed E-state index contributed by atoms with van der Waals surface area (Å²) in [5.41, 5.74) is -0.391. The van der Waals surface area contributed by atoms with E-state index in [1.165, 1.54) is 0 Å². The molecule has 0 radical (unpaired) electrons. The summed E-state index contributed by atoms with van der Waals surface area (Å²) in [4.78, 5) is 14.4. The Labute approximate surface area is 161 Å². The zero-order chi connectivity index (χ0) is 20.1. The molecule has 150 valence electrons. The van der Waals surface area contributed by atoms with Gasteiger partial charge in [0, 0.05) is 0 Å². The Hall–Kier alpha value is -1.89. The van der Waals surface area contributed by atoms with E-state index in [-0.39, 0.29) is 12.6 Å². The molecule has 0 bridgehead atoms. The van der Waals surface area contributed by atoms with Crippen molar-refractivity contribution in [3.8, 4) is 0 Å². The standard InChI is InChI=1S/C21H31NO5/c1-20(2,3)27-19(24)22-17(15-26-21(22,4)5)18(12-9-13-23)25-14-16-10-7-6-8-11-16/h6-12,17-18,23H,13-15H2,1-5H3/b12-9-/t17-,18-/m0/s1. The number of carbonyl (C=O) groups excluding carboxylic acids is 1. The van der Waals surface area contributed by atoms with Crippen LogP contribution < -0.4 is 0 Å². The number of ether oxygens (including phenoxy) is 3. The molecular weight excluding hydrogens is 346 g/mol. The van der Waals surface area contributed by atoms with Crippen molar-refractivity contribution >= 4 is 6.09 Å². The number of benzene rings is 1. The first-order valence-corrected chi connectivity index (χ1v) is 9.23. The molecule has 27 heavy (non-hydrogen) atoms. The number of aliphatic hydroxyl groups is 1. The quantitative estimate of drug-likeness (QED) is 0.769. The number of rotatable bonds is 6. The topological polar surface area (TPSA) is 68.2 Å². The lowest BCUT2D eigenvalue weighted by Gasteiger charge is -2.37. The Morgan fingerprint density at radius 1 is 1.37 bits per heavy atom. The van der Waals surface area contributed by atoms with E-state index < -0.39 is 23.5 Å². The lowest BCUT2D eigenvalue weighted by atomic mass is 10.1. The first-order valence-electron chi connectivity index (χ1n) is 9.23. The Kier molecular flexibility index (Phi) is 7.03. The van der Waals surface area contributed by atoms with Crippen molar-refractivity contribution in [2.75, 3.05) is 13.2 Å². The number of amides is 1. The number of hydrogen-bond acceptors (Lipinski definition) is 5. The number of aliphatic hydroxyl groups excluding tert-OH is 1. The molecule has 1 aromatic carbocycles. The molecular formula is C21H31NO5. The van der Waals surface area contributed by atoms with Crippen molar-refractivity contribution in [1.29, 1.82) is 0 Å². The average molecular weight is 377 g/mol. The van der Waals surface area contributed by atoms with Crippen LogP contribution in [0.5, 0.6) is 0 Å². The number of hydrogen-bond donors (Lipinski definition) is 1. The molecule has 1 heterocycles. The van der Waals surface area contributed by atoms with Crippen molar-refractivity contribution in [2.45, 2.75) is 64.7 Å². The van der Waals surface area contributed by atoms with Gasteiger partial charge in [0.25, 0.3) is 0 Å². The molecule has 6 nitrogen and oxygen atoms in total. The number of carbonyl (C=O) groups is 1. The van der Waals surface area contributed by atoms with E-state index in [9.17, 15) is 9.90 Å². The molecule has 1 aromatic rings. The summed E-state index contributed by atoms with van der Waals surface area (Å²) in [5, 5.41) is 9.19. The minimum atomic E-state index is -0.811. The molecule has 1 aliphatic heterocycles. The molecule has 0 unspecified atom stereocenters. The molecule has 1 fully saturated rings. The van der Waals surface area contributed by atoms with E-state index in [4.69, 9.17) is 14.2 Å². The minimum absolute atomic E-state index is 0.103. The van der Waals surface area contributed by atoms with Crippen LogP contribution in [0.15, 0.2) is 42.5 Å². The van der Waals surface area contributed by atoms with Crippen LogP contribution in [0.1, 0.15) is 40.2 Å². The fraction of sp³-hybridized carbons (Fsp3) is 0.571. The van der Waals surface area contributed by atoms with Gasteiger partial charge in [-0.3, -0.25) is 4.90 Å². The predicted octanol–water partition coefficient (Wildman–Crippen LogP) is 3.49. The highest BCUT2D eigenvalue weighted by molar-refractivity contribution is 5.70. The SMILES string of the molecule is CC(C)(C)OC(=O)N1[C@H]([C@H](/C=C\CO)OCc2ccccc2)COC1(C)C. The summed E-state index contributed by atoms with van der Waals surface area (Å²) in [6.45, 7) is 9.77. The van der Waals surface area contributed by atoms with Crippen LogP contribution in [-0.4, -0.2) is 52.8 Å². The lowest BCUT2D eigenvalue weighted by Crippen LogP contribution is -2.53. The van der Waals surface area contributed by atoms with Crippen molar-refractivity contribution in [1.82, 2.24) is 4.90 Å². The Bertz CT molecular complexity index is 636. The molecule has 1 N–H and O–H groups in total. The van der Waals surface area contributed by atoms with Gasteiger partial charge in [-0.25, -0.2) is 4.79 Å². The zero-order valence-corrected chi connectivity index (χ0v) is 16.8. The molecule has 6 heteroatoms. The van der Waals surface area contributed by atoms with Gasteiger partial charge < -0.3 is 19.3 Å². The highest BCUT2D eigenvalue weighted by atomic mass is 16.6. The van der Waals surface area contributed by atoms with Crippen LogP contribution in [0, 0.1) is 0 Å². The molecule has 2 atom stereocenters. The van der Waals surface area contributed by atoms with Gasteiger partial charge in [-0.15, -0.1) is 0 Å². The van der Waals surface area contributed by atoms with E-state index >= 15 is 0 Å². The van der Waals surface area contributed by atoms with E-state index in [0.29, 0.717) is 13.2 Å². The number of nitrogens with zero attached hydrogens (tertiary/aromatic N) is 1. The summed E-state index contributed by atoms with van der Waals surface area (Å²) in [6, 6.07) is 9.45. The van der Waals surface area contributed by atoms with Gasteiger partial charge in [-0.2, -0.15) is 0 Å². The summed E-state index contributed by atoms with van der Waals surface area (Å²) in [5.74, 6) is 0. The Morgan fingerprint density at radius 2 is 2.04 bits per heavy atom. The van der Waals surface area contributed by atoms with Gasteiger partial charge in [-0.05, 0) is 40.2 Å². The molecule has 1 amide bonds. The van der Waals surface area contributed by atoms with Crippen molar-refractivity contribution in [2.24, 2.45) is 0 Å². The van der Waals surface area contributed by atoms with Gasteiger partial charge in [-0.1, -0.05) is 42.5 Å². The van der Waals surface area contributed by atoms with Crippen LogP contribution in [-0.2, 0) is 20.8 Å². The van der Waals surface area contributed by atoms with Crippen molar-refractivity contribution in [3.05, 3.63) is 48.0 Å². The smallest absolute Gasteiger partial charge is 0.413 e. The summed E-state index contributed by atoms with van der Waals surface area (Å²) in [7, 11) is 0.